The average molecular weight is 494 g/mol. The number of fused-ring (bicyclic) bond motifs is 1. The van der Waals surface area contributed by atoms with Gasteiger partial charge in [-0.3, -0.25) is 9.59 Å². The van der Waals surface area contributed by atoms with Crippen molar-refractivity contribution in [2.24, 2.45) is 0 Å². The van der Waals surface area contributed by atoms with Crippen LogP contribution in [-0.4, -0.2) is 58.1 Å². The van der Waals surface area contributed by atoms with Crippen molar-refractivity contribution in [1.82, 2.24) is 20.1 Å². The predicted octanol–water partition coefficient (Wildman–Crippen LogP) is 4.19. The number of nitrogens with zero attached hydrogens (tertiary/aromatic N) is 4. The van der Waals surface area contributed by atoms with Crippen LogP contribution in [0.5, 0.6) is 0 Å². The minimum absolute atomic E-state index is 0.142. The molecule has 8 nitrogen and oxygen atoms in total. The van der Waals surface area contributed by atoms with E-state index in [1.165, 1.54) is 23.1 Å². The molecule has 4 aromatic rings. The standard InChI is InChI=1S/C25H21F3N6O2/c26-25(27,28)19-4-2-1-3-18(19)24(36)34-13-11-33(12-14-34)22-8-7-20(31-32-22)23(35)30-17-6-5-16-9-10-29-21(16)15-17/h1-10,15,29H,11-14H2,(H,30,35). The number of rotatable bonds is 4. The Morgan fingerprint density at radius 3 is 2.42 bits per heavy atom. The van der Waals surface area contributed by atoms with Crippen LogP contribution < -0.4 is 10.2 Å². The summed E-state index contributed by atoms with van der Waals surface area (Å²) in [7, 11) is 0. The number of carbonyl (C=O) groups excluding carboxylic acids is 2. The third-order valence-electron chi connectivity index (χ3n) is 6.05. The minimum atomic E-state index is -4.60. The molecule has 0 saturated carbocycles. The largest absolute Gasteiger partial charge is 0.417 e. The zero-order chi connectivity index (χ0) is 25.3. The number of amides is 2. The third kappa shape index (κ3) is 4.72. The van der Waals surface area contributed by atoms with Gasteiger partial charge in [-0.15, -0.1) is 10.2 Å². The van der Waals surface area contributed by atoms with E-state index in [1.807, 2.05) is 29.3 Å². The lowest BCUT2D eigenvalue weighted by Crippen LogP contribution is -2.49. The van der Waals surface area contributed by atoms with Crippen LogP contribution in [0.2, 0.25) is 0 Å². The van der Waals surface area contributed by atoms with Crippen LogP contribution in [0.25, 0.3) is 10.9 Å². The number of hydrogen-bond donors (Lipinski definition) is 2. The van der Waals surface area contributed by atoms with E-state index in [2.05, 4.69) is 20.5 Å². The van der Waals surface area contributed by atoms with E-state index in [0.29, 0.717) is 24.6 Å². The fraction of sp³-hybridized carbons (Fsp3) is 0.200. The van der Waals surface area contributed by atoms with Gasteiger partial charge in [0.05, 0.1) is 11.1 Å². The number of benzene rings is 2. The maximum absolute atomic E-state index is 13.3. The molecule has 2 amide bonds. The molecule has 1 aliphatic heterocycles. The summed E-state index contributed by atoms with van der Waals surface area (Å²) >= 11 is 0. The van der Waals surface area contributed by atoms with Crippen molar-refractivity contribution in [3.63, 3.8) is 0 Å². The number of aromatic amines is 1. The first-order chi connectivity index (χ1) is 17.3. The van der Waals surface area contributed by atoms with Crippen molar-refractivity contribution in [2.45, 2.75) is 6.18 Å². The normalized spacial score (nSPS) is 14.2. The summed E-state index contributed by atoms with van der Waals surface area (Å²) in [5.74, 6) is -0.543. The summed E-state index contributed by atoms with van der Waals surface area (Å²) in [6.45, 7) is 1.21. The topological polar surface area (TPSA) is 94.2 Å². The highest BCUT2D eigenvalue weighted by Crippen LogP contribution is 2.32. The van der Waals surface area contributed by atoms with E-state index in [1.54, 1.807) is 18.2 Å². The fourth-order valence-corrected chi connectivity index (χ4v) is 4.16. The van der Waals surface area contributed by atoms with Gasteiger partial charge in [0.2, 0.25) is 0 Å². The highest BCUT2D eigenvalue weighted by Gasteiger charge is 2.36. The molecule has 36 heavy (non-hydrogen) atoms. The Bertz CT molecular complexity index is 1410. The second-order valence-electron chi connectivity index (χ2n) is 8.33. The monoisotopic (exact) mass is 494 g/mol. The van der Waals surface area contributed by atoms with E-state index in [-0.39, 0.29) is 24.3 Å². The molecular formula is C25H21F3N6O2. The van der Waals surface area contributed by atoms with E-state index in [4.69, 9.17) is 0 Å². The molecule has 0 unspecified atom stereocenters. The quantitative estimate of drug-likeness (QED) is 0.444. The van der Waals surface area contributed by atoms with Gasteiger partial charge in [0.25, 0.3) is 11.8 Å². The highest BCUT2D eigenvalue weighted by atomic mass is 19.4. The summed E-state index contributed by atoms with van der Waals surface area (Å²) in [4.78, 5) is 31.7. The van der Waals surface area contributed by atoms with Crippen LogP contribution in [0.3, 0.4) is 0 Å². The maximum atomic E-state index is 13.3. The van der Waals surface area contributed by atoms with Gasteiger partial charge in [0, 0.05) is 43.6 Å². The molecule has 0 bridgehead atoms. The van der Waals surface area contributed by atoms with E-state index in [0.717, 1.165) is 17.0 Å². The van der Waals surface area contributed by atoms with Crippen LogP contribution in [0.4, 0.5) is 24.7 Å². The van der Waals surface area contributed by atoms with Gasteiger partial charge < -0.3 is 20.1 Å². The van der Waals surface area contributed by atoms with Crippen LogP contribution in [0.1, 0.15) is 26.4 Å². The lowest BCUT2D eigenvalue weighted by molar-refractivity contribution is -0.138. The summed E-state index contributed by atoms with van der Waals surface area (Å²) in [5, 5.41) is 12.0. The molecule has 5 rings (SSSR count). The van der Waals surface area contributed by atoms with Crippen molar-refractivity contribution >= 4 is 34.2 Å². The Hall–Kier alpha value is -4.41. The van der Waals surface area contributed by atoms with Gasteiger partial charge in [-0.25, -0.2) is 0 Å². The van der Waals surface area contributed by atoms with Gasteiger partial charge in [0.15, 0.2) is 11.5 Å². The molecule has 2 aromatic carbocycles. The lowest BCUT2D eigenvalue weighted by Gasteiger charge is -2.35. The van der Waals surface area contributed by atoms with Gasteiger partial charge >= 0.3 is 6.18 Å². The van der Waals surface area contributed by atoms with Crippen LogP contribution in [0, 0.1) is 0 Å². The van der Waals surface area contributed by atoms with Crippen LogP contribution in [0.15, 0.2) is 66.9 Å². The second kappa shape index (κ2) is 9.33. The number of piperazine rings is 1. The predicted molar refractivity (Wildman–Crippen MR) is 128 cm³/mol. The first-order valence-electron chi connectivity index (χ1n) is 11.2. The molecule has 184 valence electrons. The molecule has 1 saturated heterocycles. The Morgan fingerprint density at radius 1 is 0.917 bits per heavy atom. The lowest BCUT2D eigenvalue weighted by atomic mass is 10.1. The highest BCUT2D eigenvalue weighted by molar-refractivity contribution is 6.03. The molecule has 1 fully saturated rings. The minimum Gasteiger partial charge on any atom is -0.361 e. The van der Waals surface area contributed by atoms with E-state index >= 15 is 0 Å². The Balaban J connectivity index is 1.20. The summed E-state index contributed by atoms with van der Waals surface area (Å²) in [5.41, 5.74) is 0.361. The van der Waals surface area contributed by atoms with Crippen LogP contribution in [-0.2, 0) is 6.18 Å². The molecule has 2 aromatic heterocycles. The smallest absolute Gasteiger partial charge is 0.361 e. The number of hydrogen-bond acceptors (Lipinski definition) is 5. The third-order valence-corrected chi connectivity index (χ3v) is 6.05. The van der Waals surface area contributed by atoms with E-state index < -0.39 is 23.6 Å². The Morgan fingerprint density at radius 2 is 1.69 bits per heavy atom. The zero-order valence-corrected chi connectivity index (χ0v) is 18.9. The molecule has 0 aliphatic carbocycles. The van der Waals surface area contributed by atoms with Crippen molar-refractivity contribution in [3.05, 3.63) is 83.7 Å². The Labute approximate surface area is 203 Å². The molecule has 0 spiro atoms. The number of nitrogens with one attached hydrogen (secondary N) is 2. The van der Waals surface area contributed by atoms with Gasteiger partial charge in [0.1, 0.15) is 0 Å². The van der Waals surface area contributed by atoms with Gasteiger partial charge in [-0.05, 0) is 47.9 Å². The molecule has 0 radical (unpaired) electrons. The zero-order valence-electron chi connectivity index (χ0n) is 18.9. The fourth-order valence-electron chi connectivity index (χ4n) is 4.16. The molecule has 3 heterocycles. The molecule has 2 N–H and O–H groups in total. The first kappa shape index (κ1) is 23.3. The summed E-state index contributed by atoms with van der Waals surface area (Å²) in [6, 6.07) is 15.5. The SMILES string of the molecule is O=C(Nc1ccc2cc[nH]c2c1)c1ccc(N2CCN(C(=O)c3ccccc3C(F)(F)F)CC2)nn1. The van der Waals surface area contributed by atoms with Crippen molar-refractivity contribution in [3.8, 4) is 0 Å². The average Bonchev–Trinajstić information content (AvgIpc) is 3.36. The first-order valence-corrected chi connectivity index (χ1v) is 11.2. The molecular weight excluding hydrogens is 473 g/mol. The van der Waals surface area contributed by atoms with Gasteiger partial charge in [-0.2, -0.15) is 13.2 Å². The summed E-state index contributed by atoms with van der Waals surface area (Å²) in [6.07, 6.45) is -2.79. The van der Waals surface area contributed by atoms with Crippen molar-refractivity contribution in [2.75, 3.05) is 36.4 Å². The molecule has 1 aliphatic rings. The van der Waals surface area contributed by atoms with Crippen LogP contribution >= 0.6 is 0 Å². The molecule has 0 atom stereocenters. The van der Waals surface area contributed by atoms with E-state index in [9.17, 15) is 22.8 Å². The number of aromatic nitrogens is 3. The van der Waals surface area contributed by atoms with Crippen molar-refractivity contribution < 1.29 is 22.8 Å². The second-order valence-corrected chi connectivity index (χ2v) is 8.33. The number of carbonyl (C=O) groups is 2. The summed E-state index contributed by atoms with van der Waals surface area (Å²) < 4.78 is 39.9. The number of alkyl halides is 3. The Kier molecular flexibility index (Phi) is 6.05. The number of anilines is 2. The maximum Gasteiger partial charge on any atom is 0.417 e. The van der Waals surface area contributed by atoms with Crippen molar-refractivity contribution in [1.29, 1.82) is 0 Å². The number of halogens is 3. The number of H-pyrrole nitrogens is 1. The van der Waals surface area contributed by atoms with Gasteiger partial charge in [-0.1, -0.05) is 18.2 Å². The molecule has 11 heteroatoms.